The van der Waals surface area contributed by atoms with Gasteiger partial charge in [-0.1, -0.05) is 30.3 Å². The molecule has 0 saturated carbocycles. The van der Waals surface area contributed by atoms with Crippen LogP contribution < -0.4 is 0 Å². The van der Waals surface area contributed by atoms with Gasteiger partial charge in [-0.25, -0.2) is 9.88 Å². The van der Waals surface area contributed by atoms with Gasteiger partial charge in [0.1, 0.15) is 5.65 Å². The maximum Gasteiger partial charge on any atom is 0.460 e. The lowest BCUT2D eigenvalue weighted by molar-refractivity contribution is -0.252. The number of aryl methyl sites for hydroxylation is 2. The highest BCUT2D eigenvalue weighted by Gasteiger charge is 2.38. The number of aromatic nitrogens is 2. The van der Waals surface area contributed by atoms with E-state index in [-0.39, 0.29) is 13.1 Å². The van der Waals surface area contributed by atoms with Crippen LogP contribution in [0.4, 0.5) is 13.2 Å². The second kappa shape index (κ2) is 9.41. The summed E-state index contributed by atoms with van der Waals surface area (Å²) in [5.41, 5.74) is 8.46. The maximum atomic E-state index is 13.1. The van der Waals surface area contributed by atoms with Crippen molar-refractivity contribution in [2.75, 3.05) is 26.2 Å². The highest BCUT2D eigenvalue weighted by Crippen LogP contribution is 2.30. The van der Waals surface area contributed by atoms with Gasteiger partial charge in [0.25, 0.3) is 0 Å². The van der Waals surface area contributed by atoms with Crippen LogP contribution in [0.3, 0.4) is 0 Å². The van der Waals surface area contributed by atoms with Gasteiger partial charge in [0, 0.05) is 44.5 Å². The van der Waals surface area contributed by atoms with Crippen LogP contribution in [0.1, 0.15) is 22.4 Å². The van der Waals surface area contributed by atoms with Gasteiger partial charge in [0.15, 0.2) is 0 Å². The number of piperazine rings is 1. The number of imidazole rings is 1. The molecule has 0 N–H and O–H groups in total. The molecular weight excluding hydrogens is 463 g/mol. The monoisotopic (exact) mass is 489 g/mol. The van der Waals surface area contributed by atoms with E-state index < -0.39 is 6.30 Å². The highest BCUT2D eigenvalue weighted by molar-refractivity contribution is 5.71. The van der Waals surface area contributed by atoms with E-state index in [0.29, 0.717) is 30.1 Å². The van der Waals surface area contributed by atoms with Gasteiger partial charge in [-0.2, -0.15) is 18.4 Å². The molecule has 1 aliphatic rings. The summed E-state index contributed by atoms with van der Waals surface area (Å²) in [6.07, 6.45) is -2.25. The summed E-state index contributed by atoms with van der Waals surface area (Å²) >= 11 is 0. The molecule has 2 aromatic heterocycles. The van der Waals surface area contributed by atoms with Gasteiger partial charge in [0.2, 0.25) is 0 Å². The number of pyridine rings is 1. The largest absolute Gasteiger partial charge is 0.460 e. The van der Waals surface area contributed by atoms with Crippen LogP contribution in [0.25, 0.3) is 28.0 Å². The van der Waals surface area contributed by atoms with Crippen LogP contribution in [0.2, 0.25) is 0 Å². The molecule has 0 aliphatic carbocycles. The van der Waals surface area contributed by atoms with Crippen LogP contribution in [0.15, 0.2) is 60.8 Å². The summed E-state index contributed by atoms with van der Waals surface area (Å²) in [6.45, 7) is 5.16. The minimum atomic E-state index is -4.30. The third-order valence-electron chi connectivity index (χ3n) is 6.95. The van der Waals surface area contributed by atoms with Crippen LogP contribution in [0, 0.1) is 25.2 Å². The average molecular weight is 490 g/mol. The first-order chi connectivity index (χ1) is 17.2. The second-order valence-corrected chi connectivity index (χ2v) is 9.27. The van der Waals surface area contributed by atoms with Crippen molar-refractivity contribution in [3.8, 4) is 28.5 Å². The topological polar surface area (TPSA) is 47.6 Å². The average Bonchev–Trinajstić information content (AvgIpc) is 3.23. The van der Waals surface area contributed by atoms with Crippen LogP contribution >= 0.6 is 0 Å². The predicted molar refractivity (Wildman–Crippen MR) is 133 cm³/mol. The van der Waals surface area contributed by atoms with Gasteiger partial charge in [0.05, 0.1) is 23.0 Å². The zero-order valence-corrected chi connectivity index (χ0v) is 20.2. The number of hydrogen-bond acceptors (Lipinski definition) is 4. The maximum absolute atomic E-state index is 13.1. The molecule has 0 bridgehead atoms. The molecular formula is C28H26F3N5. The lowest BCUT2D eigenvalue weighted by atomic mass is 10.0. The van der Waals surface area contributed by atoms with Crippen molar-refractivity contribution in [1.82, 2.24) is 19.2 Å². The summed E-state index contributed by atoms with van der Waals surface area (Å²) in [7, 11) is 0. The van der Waals surface area contributed by atoms with Crippen molar-refractivity contribution in [2.24, 2.45) is 0 Å². The fourth-order valence-corrected chi connectivity index (χ4v) is 4.64. The van der Waals surface area contributed by atoms with Crippen molar-refractivity contribution >= 4 is 5.65 Å². The van der Waals surface area contributed by atoms with Crippen LogP contribution in [-0.4, -0.2) is 51.7 Å². The molecule has 0 atom stereocenters. The molecule has 8 heteroatoms. The van der Waals surface area contributed by atoms with E-state index in [1.165, 1.54) is 11.1 Å². The number of nitrogens with zero attached hydrogens (tertiary/aromatic N) is 5. The van der Waals surface area contributed by atoms with Gasteiger partial charge in [-0.3, -0.25) is 4.90 Å². The zero-order valence-electron chi connectivity index (χ0n) is 20.2. The van der Waals surface area contributed by atoms with Crippen molar-refractivity contribution in [3.63, 3.8) is 0 Å². The Hall–Kier alpha value is -3.67. The second-order valence-electron chi connectivity index (χ2n) is 9.27. The third-order valence-corrected chi connectivity index (χ3v) is 6.95. The summed E-state index contributed by atoms with van der Waals surface area (Å²) in [6, 6.07) is 19.8. The summed E-state index contributed by atoms with van der Waals surface area (Å²) in [4.78, 5) is 7.50. The number of rotatable bonds is 4. The minimum absolute atomic E-state index is 0.0552. The minimum Gasteiger partial charge on any atom is -0.301 e. The molecule has 0 spiro atoms. The van der Waals surface area contributed by atoms with Gasteiger partial charge >= 0.3 is 6.30 Å². The molecule has 184 valence electrons. The number of nitriles is 1. The Morgan fingerprint density at radius 2 is 1.53 bits per heavy atom. The number of halogens is 3. The zero-order chi connectivity index (χ0) is 25.4. The van der Waals surface area contributed by atoms with E-state index in [2.05, 4.69) is 44.3 Å². The molecule has 0 amide bonds. The Bertz CT molecular complexity index is 1440. The number of fused-ring (bicyclic) bond motifs is 1. The van der Waals surface area contributed by atoms with E-state index in [4.69, 9.17) is 4.98 Å². The fraction of sp³-hybridized carbons (Fsp3) is 0.286. The summed E-state index contributed by atoms with van der Waals surface area (Å²) < 4.78 is 41.4. The summed E-state index contributed by atoms with van der Waals surface area (Å²) in [5, 5.41) is 9.18. The van der Waals surface area contributed by atoms with E-state index >= 15 is 0 Å². The molecule has 1 aliphatic heterocycles. The van der Waals surface area contributed by atoms with E-state index in [9.17, 15) is 18.4 Å². The third kappa shape index (κ3) is 4.72. The quantitative estimate of drug-likeness (QED) is 0.340. The van der Waals surface area contributed by atoms with Gasteiger partial charge in [-0.05, 0) is 60.4 Å². The number of benzene rings is 2. The molecule has 4 aromatic rings. The Kier molecular flexibility index (Phi) is 6.29. The Morgan fingerprint density at radius 1 is 0.861 bits per heavy atom. The van der Waals surface area contributed by atoms with Crippen molar-refractivity contribution in [3.05, 3.63) is 83.2 Å². The van der Waals surface area contributed by atoms with Crippen molar-refractivity contribution in [2.45, 2.75) is 26.7 Å². The normalized spacial score (nSPS) is 15.3. The first-order valence-electron chi connectivity index (χ1n) is 11.9. The lowest BCUT2D eigenvalue weighted by Crippen LogP contribution is -2.51. The van der Waals surface area contributed by atoms with Crippen molar-refractivity contribution < 1.29 is 13.2 Å². The van der Waals surface area contributed by atoms with E-state index in [0.717, 1.165) is 33.7 Å². The van der Waals surface area contributed by atoms with Crippen molar-refractivity contribution in [1.29, 1.82) is 5.26 Å². The SMILES string of the molecule is Cc1ccc(-c2ccc3nc(-c4ccc(C#N)cc4)c(CN4CCN(C(F)(F)F)CC4)n3c2)cc1C. The molecule has 5 nitrogen and oxygen atoms in total. The number of hydrogen-bond donors (Lipinski definition) is 0. The molecule has 0 unspecified atom stereocenters. The molecule has 0 radical (unpaired) electrons. The van der Waals surface area contributed by atoms with Crippen LogP contribution in [-0.2, 0) is 6.54 Å². The Labute approximate surface area is 208 Å². The predicted octanol–water partition coefficient (Wildman–Crippen LogP) is 5.79. The van der Waals surface area contributed by atoms with Crippen LogP contribution in [0.5, 0.6) is 0 Å². The standard InChI is InChI=1S/C28H26F3N5/c1-19-3-6-23(15-20(19)2)24-9-10-26-33-27(22-7-4-21(16-32)5-8-22)25(36(26)17-24)18-34-11-13-35(14-12-34)28(29,30)31/h3-10,15,17H,11-14,18H2,1-2H3. The Balaban J connectivity index is 1.55. The van der Waals surface area contributed by atoms with Gasteiger partial charge in [-0.15, -0.1) is 0 Å². The first-order valence-corrected chi connectivity index (χ1v) is 11.9. The molecule has 5 rings (SSSR count). The molecule has 1 fully saturated rings. The number of alkyl halides is 3. The highest BCUT2D eigenvalue weighted by atomic mass is 19.4. The first kappa shape index (κ1) is 24.0. The van der Waals surface area contributed by atoms with E-state index in [1.807, 2.05) is 33.6 Å². The van der Waals surface area contributed by atoms with Gasteiger partial charge < -0.3 is 4.40 Å². The Morgan fingerprint density at radius 3 is 2.17 bits per heavy atom. The lowest BCUT2D eigenvalue weighted by Gasteiger charge is -2.35. The molecule has 2 aromatic carbocycles. The fourth-order valence-electron chi connectivity index (χ4n) is 4.64. The molecule has 36 heavy (non-hydrogen) atoms. The molecule has 1 saturated heterocycles. The van der Waals surface area contributed by atoms with E-state index in [1.54, 1.807) is 12.1 Å². The summed E-state index contributed by atoms with van der Waals surface area (Å²) in [5.74, 6) is 0. The molecule has 3 heterocycles. The smallest absolute Gasteiger partial charge is 0.301 e.